The van der Waals surface area contributed by atoms with E-state index in [1.165, 1.54) is 16.7 Å². The predicted octanol–water partition coefficient (Wildman–Crippen LogP) is 4.88. The van der Waals surface area contributed by atoms with E-state index in [1.807, 2.05) is 0 Å². The fraction of sp³-hybridized carbons (Fsp3) is 0.200. The van der Waals surface area contributed by atoms with Gasteiger partial charge in [0.15, 0.2) is 0 Å². The lowest BCUT2D eigenvalue weighted by molar-refractivity contribution is 1.14. The zero-order chi connectivity index (χ0) is 11.5. The predicted molar refractivity (Wildman–Crippen MR) is 71.0 cm³/mol. The molecule has 0 amide bonds. The van der Waals surface area contributed by atoms with Gasteiger partial charge in [-0.25, -0.2) is 0 Å². The lowest BCUT2D eigenvalue weighted by atomic mass is 10.0. The Labute approximate surface area is 102 Å². The number of halogens is 1. The molecule has 0 spiro atoms. The average molecular weight is 231 g/mol. The van der Waals surface area contributed by atoms with E-state index in [0.717, 1.165) is 17.0 Å². The van der Waals surface area contributed by atoms with E-state index in [-0.39, 0.29) is 0 Å². The molecule has 0 atom stereocenters. The second-order valence-corrected chi connectivity index (χ2v) is 4.44. The van der Waals surface area contributed by atoms with Crippen LogP contribution in [0.3, 0.4) is 0 Å². The van der Waals surface area contributed by atoms with E-state index in [2.05, 4.69) is 56.3 Å². The highest BCUT2D eigenvalue weighted by Gasteiger charge is 2.03. The van der Waals surface area contributed by atoms with Crippen molar-refractivity contribution in [1.29, 1.82) is 0 Å². The highest BCUT2D eigenvalue weighted by molar-refractivity contribution is 6.33. The highest BCUT2D eigenvalue weighted by Crippen LogP contribution is 2.29. The summed E-state index contributed by atoms with van der Waals surface area (Å²) < 4.78 is 0. The zero-order valence-corrected chi connectivity index (χ0v) is 10.4. The van der Waals surface area contributed by atoms with Crippen molar-refractivity contribution in [3.63, 3.8) is 0 Å². The normalized spacial score (nSPS) is 10.4. The molecule has 0 bridgehead atoms. The third-order valence-electron chi connectivity index (χ3n) is 2.80. The molecule has 0 aliphatic carbocycles. The number of hydrogen-bond donors (Lipinski definition) is 0. The molecule has 0 unspecified atom stereocenters. The van der Waals surface area contributed by atoms with E-state index in [0.29, 0.717) is 0 Å². The van der Waals surface area contributed by atoms with Gasteiger partial charge in [-0.15, -0.1) is 0 Å². The Morgan fingerprint density at radius 3 is 2.25 bits per heavy atom. The van der Waals surface area contributed by atoms with Crippen molar-refractivity contribution < 1.29 is 0 Å². The van der Waals surface area contributed by atoms with Gasteiger partial charge in [-0.1, -0.05) is 60.5 Å². The van der Waals surface area contributed by atoms with Crippen LogP contribution >= 0.6 is 11.6 Å². The minimum Gasteiger partial charge on any atom is -0.0837 e. The Kier molecular flexibility index (Phi) is 3.31. The van der Waals surface area contributed by atoms with Crippen LogP contribution in [-0.2, 0) is 6.42 Å². The van der Waals surface area contributed by atoms with Gasteiger partial charge in [0.2, 0.25) is 0 Å². The van der Waals surface area contributed by atoms with Crippen molar-refractivity contribution in [1.82, 2.24) is 0 Å². The molecule has 82 valence electrons. The van der Waals surface area contributed by atoms with Crippen LogP contribution in [0.15, 0.2) is 42.5 Å². The summed E-state index contributed by atoms with van der Waals surface area (Å²) in [6.07, 6.45) is 1.02. The highest BCUT2D eigenvalue weighted by atomic mass is 35.5. The SMILES string of the molecule is CCc1ccc(-c2ccc(C)cc2)c(Cl)c1. The van der Waals surface area contributed by atoms with Gasteiger partial charge in [-0.3, -0.25) is 0 Å². The van der Waals surface area contributed by atoms with Crippen LogP contribution in [0.2, 0.25) is 5.02 Å². The summed E-state index contributed by atoms with van der Waals surface area (Å²) >= 11 is 6.28. The number of aryl methyl sites for hydroxylation is 2. The molecule has 0 nitrogen and oxygen atoms in total. The lowest BCUT2D eigenvalue weighted by Gasteiger charge is -2.06. The van der Waals surface area contributed by atoms with Gasteiger partial charge < -0.3 is 0 Å². The molecule has 2 aromatic carbocycles. The van der Waals surface area contributed by atoms with E-state index >= 15 is 0 Å². The Morgan fingerprint density at radius 1 is 1.00 bits per heavy atom. The molecule has 0 saturated carbocycles. The minimum absolute atomic E-state index is 0.836. The molecule has 1 heteroatoms. The second-order valence-electron chi connectivity index (χ2n) is 4.03. The number of benzene rings is 2. The molecule has 0 aliphatic rings. The van der Waals surface area contributed by atoms with Crippen molar-refractivity contribution in [3.8, 4) is 11.1 Å². The maximum Gasteiger partial charge on any atom is 0.0487 e. The van der Waals surface area contributed by atoms with Crippen LogP contribution in [0.25, 0.3) is 11.1 Å². The van der Waals surface area contributed by atoms with Gasteiger partial charge in [0.25, 0.3) is 0 Å². The van der Waals surface area contributed by atoms with E-state index in [4.69, 9.17) is 11.6 Å². The van der Waals surface area contributed by atoms with Crippen LogP contribution in [0, 0.1) is 6.92 Å². The number of rotatable bonds is 2. The third-order valence-corrected chi connectivity index (χ3v) is 3.12. The Morgan fingerprint density at radius 2 is 1.69 bits per heavy atom. The van der Waals surface area contributed by atoms with Gasteiger partial charge in [0.05, 0.1) is 0 Å². The summed E-state index contributed by atoms with van der Waals surface area (Å²) in [5, 5.41) is 0.836. The Hall–Kier alpha value is -1.27. The van der Waals surface area contributed by atoms with E-state index < -0.39 is 0 Å². The summed E-state index contributed by atoms with van der Waals surface area (Å²) in [6, 6.07) is 14.7. The standard InChI is InChI=1S/C15H15Cl/c1-3-12-6-9-14(15(16)10-12)13-7-4-11(2)5-8-13/h4-10H,3H2,1-2H3. The van der Waals surface area contributed by atoms with Crippen LogP contribution in [-0.4, -0.2) is 0 Å². The summed E-state index contributed by atoms with van der Waals surface area (Å²) in [5.41, 5.74) is 4.84. The van der Waals surface area contributed by atoms with Crippen molar-refractivity contribution >= 4 is 11.6 Å². The zero-order valence-electron chi connectivity index (χ0n) is 9.63. The van der Waals surface area contributed by atoms with Crippen LogP contribution < -0.4 is 0 Å². The van der Waals surface area contributed by atoms with Gasteiger partial charge >= 0.3 is 0 Å². The minimum atomic E-state index is 0.836. The van der Waals surface area contributed by atoms with Crippen LogP contribution in [0.5, 0.6) is 0 Å². The summed E-state index contributed by atoms with van der Waals surface area (Å²) in [4.78, 5) is 0. The van der Waals surface area contributed by atoms with Crippen molar-refractivity contribution in [3.05, 3.63) is 58.6 Å². The molecule has 0 aliphatic heterocycles. The summed E-state index contributed by atoms with van der Waals surface area (Å²) in [7, 11) is 0. The molecule has 0 heterocycles. The van der Waals surface area contributed by atoms with Gasteiger partial charge in [0.1, 0.15) is 0 Å². The largest absolute Gasteiger partial charge is 0.0837 e. The van der Waals surface area contributed by atoms with Gasteiger partial charge in [-0.05, 0) is 30.5 Å². The first-order chi connectivity index (χ1) is 7.70. The Bertz CT molecular complexity index is 483. The molecule has 0 aromatic heterocycles. The van der Waals surface area contributed by atoms with Crippen molar-refractivity contribution in [2.75, 3.05) is 0 Å². The quantitative estimate of drug-likeness (QED) is 0.690. The fourth-order valence-corrected chi connectivity index (χ4v) is 2.06. The molecule has 0 radical (unpaired) electrons. The second kappa shape index (κ2) is 4.71. The monoisotopic (exact) mass is 230 g/mol. The first-order valence-corrected chi connectivity index (χ1v) is 5.94. The smallest absolute Gasteiger partial charge is 0.0487 e. The van der Waals surface area contributed by atoms with Crippen molar-refractivity contribution in [2.45, 2.75) is 20.3 Å². The molecule has 0 N–H and O–H groups in total. The maximum absolute atomic E-state index is 6.28. The molecular weight excluding hydrogens is 216 g/mol. The molecule has 16 heavy (non-hydrogen) atoms. The Balaban J connectivity index is 2.44. The van der Waals surface area contributed by atoms with Gasteiger partial charge in [-0.2, -0.15) is 0 Å². The summed E-state index contributed by atoms with van der Waals surface area (Å²) in [5.74, 6) is 0. The molecule has 2 rings (SSSR count). The topological polar surface area (TPSA) is 0 Å². The van der Waals surface area contributed by atoms with Gasteiger partial charge in [0, 0.05) is 10.6 Å². The van der Waals surface area contributed by atoms with E-state index in [1.54, 1.807) is 0 Å². The van der Waals surface area contributed by atoms with Crippen LogP contribution in [0.1, 0.15) is 18.1 Å². The van der Waals surface area contributed by atoms with Crippen molar-refractivity contribution in [2.24, 2.45) is 0 Å². The molecule has 0 fully saturated rings. The summed E-state index contributed by atoms with van der Waals surface area (Å²) in [6.45, 7) is 4.22. The first-order valence-electron chi connectivity index (χ1n) is 5.56. The fourth-order valence-electron chi connectivity index (χ4n) is 1.75. The van der Waals surface area contributed by atoms with Crippen LogP contribution in [0.4, 0.5) is 0 Å². The average Bonchev–Trinajstić information content (AvgIpc) is 2.30. The maximum atomic E-state index is 6.28. The molecular formula is C15H15Cl. The lowest BCUT2D eigenvalue weighted by Crippen LogP contribution is -1.84. The molecule has 0 saturated heterocycles. The van der Waals surface area contributed by atoms with E-state index in [9.17, 15) is 0 Å². The first kappa shape index (κ1) is 11.2. The third kappa shape index (κ3) is 2.28. The molecule has 2 aromatic rings. The number of hydrogen-bond acceptors (Lipinski definition) is 0.